The lowest BCUT2D eigenvalue weighted by molar-refractivity contribution is 0.0936. The summed E-state index contributed by atoms with van der Waals surface area (Å²) in [4.78, 5) is 29.1. The van der Waals surface area contributed by atoms with Gasteiger partial charge in [0.25, 0.3) is 5.56 Å². The Balaban J connectivity index is 1.47. The Labute approximate surface area is 200 Å². The van der Waals surface area contributed by atoms with Gasteiger partial charge in [-0.3, -0.25) is 14.3 Å². The van der Waals surface area contributed by atoms with Gasteiger partial charge in [-0.1, -0.05) is 47.5 Å². The summed E-state index contributed by atoms with van der Waals surface area (Å²) in [6.07, 6.45) is 2.43. The molecule has 3 aromatic rings. The van der Waals surface area contributed by atoms with E-state index in [0.717, 1.165) is 11.1 Å². The maximum absolute atomic E-state index is 12.5. The van der Waals surface area contributed by atoms with Crippen LogP contribution < -0.4 is 5.56 Å². The molecule has 1 aliphatic heterocycles. The van der Waals surface area contributed by atoms with Crippen LogP contribution in [0.4, 0.5) is 4.79 Å². The third-order valence-electron chi connectivity index (χ3n) is 5.42. The summed E-state index contributed by atoms with van der Waals surface area (Å²) >= 11 is 11.2. The first-order chi connectivity index (χ1) is 15.9. The molecule has 0 saturated carbocycles. The van der Waals surface area contributed by atoms with Gasteiger partial charge in [-0.25, -0.2) is 4.79 Å². The SMILES string of the molecule is O=C(OCc1ccccc1)N1CCC(=Cc2c(O)n(-c3ccc(Cl)cc3)c(=S)[nH]c2=O)CC1. The van der Waals surface area contributed by atoms with E-state index in [1.54, 1.807) is 35.2 Å². The van der Waals surface area contributed by atoms with Crippen LogP contribution in [0.15, 0.2) is 65.0 Å². The summed E-state index contributed by atoms with van der Waals surface area (Å²) in [6.45, 7) is 1.16. The molecule has 9 heteroatoms. The lowest BCUT2D eigenvalue weighted by atomic mass is 10.0. The highest BCUT2D eigenvalue weighted by Gasteiger charge is 2.21. The minimum atomic E-state index is -0.472. The Bertz CT molecular complexity index is 1290. The molecule has 1 saturated heterocycles. The number of nitrogens with zero attached hydrogens (tertiary/aromatic N) is 2. The van der Waals surface area contributed by atoms with Gasteiger partial charge in [0.2, 0.25) is 5.88 Å². The fourth-order valence-corrected chi connectivity index (χ4v) is 4.04. The Kier molecular flexibility index (Phi) is 6.96. The van der Waals surface area contributed by atoms with Crippen molar-refractivity contribution in [3.63, 3.8) is 0 Å². The van der Waals surface area contributed by atoms with Gasteiger partial charge in [0.15, 0.2) is 4.77 Å². The number of nitrogens with one attached hydrogen (secondary N) is 1. The lowest BCUT2D eigenvalue weighted by Crippen LogP contribution is -2.36. The highest BCUT2D eigenvalue weighted by molar-refractivity contribution is 7.71. The zero-order valence-electron chi connectivity index (χ0n) is 17.7. The number of rotatable bonds is 4. The molecular formula is C24H22ClN3O4S. The number of benzene rings is 2. The van der Waals surface area contributed by atoms with Gasteiger partial charge in [-0.15, -0.1) is 0 Å². The largest absolute Gasteiger partial charge is 0.494 e. The molecule has 0 bridgehead atoms. The third kappa shape index (κ3) is 5.35. The molecular weight excluding hydrogens is 462 g/mol. The summed E-state index contributed by atoms with van der Waals surface area (Å²) in [5, 5.41) is 11.4. The molecule has 2 heterocycles. The molecule has 33 heavy (non-hydrogen) atoms. The number of hydrogen-bond acceptors (Lipinski definition) is 5. The molecule has 0 spiro atoms. The minimum absolute atomic E-state index is 0.0814. The molecule has 0 aliphatic carbocycles. The number of carbonyl (C=O) groups is 1. The van der Waals surface area contributed by atoms with Crippen LogP contribution in [0.1, 0.15) is 24.0 Å². The number of aromatic hydroxyl groups is 1. The van der Waals surface area contributed by atoms with Crippen molar-refractivity contribution in [2.45, 2.75) is 19.4 Å². The van der Waals surface area contributed by atoms with E-state index in [0.29, 0.717) is 36.6 Å². The number of aromatic amines is 1. The number of H-pyrrole nitrogens is 1. The molecule has 2 aromatic carbocycles. The first-order valence-corrected chi connectivity index (χ1v) is 11.2. The smallest absolute Gasteiger partial charge is 0.410 e. The van der Waals surface area contributed by atoms with E-state index >= 15 is 0 Å². The summed E-state index contributed by atoms with van der Waals surface area (Å²) in [7, 11) is 0. The summed E-state index contributed by atoms with van der Waals surface area (Å²) in [5.41, 5.74) is 2.10. The zero-order chi connectivity index (χ0) is 23.4. The van der Waals surface area contributed by atoms with Crippen molar-refractivity contribution in [2.75, 3.05) is 13.1 Å². The van der Waals surface area contributed by atoms with E-state index in [1.807, 2.05) is 30.3 Å². The fourth-order valence-electron chi connectivity index (χ4n) is 3.63. The molecule has 0 atom stereocenters. The van der Waals surface area contributed by atoms with Crippen LogP contribution in [0, 0.1) is 4.77 Å². The normalized spacial score (nSPS) is 13.6. The van der Waals surface area contributed by atoms with E-state index in [4.69, 9.17) is 28.6 Å². The monoisotopic (exact) mass is 483 g/mol. The van der Waals surface area contributed by atoms with Crippen LogP contribution in [-0.4, -0.2) is 38.7 Å². The molecule has 7 nitrogen and oxygen atoms in total. The van der Waals surface area contributed by atoms with Gasteiger partial charge in [0, 0.05) is 18.1 Å². The second-order valence-corrected chi connectivity index (χ2v) is 8.46. The molecule has 0 unspecified atom stereocenters. The van der Waals surface area contributed by atoms with E-state index in [9.17, 15) is 14.7 Å². The van der Waals surface area contributed by atoms with E-state index in [1.165, 1.54) is 4.57 Å². The number of piperidine rings is 1. The second kappa shape index (κ2) is 10.1. The van der Waals surface area contributed by atoms with Crippen LogP contribution in [0.25, 0.3) is 11.8 Å². The lowest BCUT2D eigenvalue weighted by Gasteiger charge is -2.27. The van der Waals surface area contributed by atoms with Gasteiger partial charge < -0.3 is 14.7 Å². The predicted molar refractivity (Wildman–Crippen MR) is 129 cm³/mol. The number of likely N-dealkylation sites (tertiary alicyclic amines) is 1. The Hall–Kier alpha value is -3.36. The van der Waals surface area contributed by atoms with Crippen LogP contribution >= 0.6 is 23.8 Å². The number of amides is 1. The standard InChI is InChI=1S/C24H22ClN3O4S/c25-18-6-8-19(9-7-18)28-22(30)20(21(29)26-23(28)33)14-16-10-12-27(13-11-16)24(31)32-15-17-4-2-1-3-5-17/h1-9,14,30H,10-13,15H2,(H,26,29,33). The number of ether oxygens (including phenoxy) is 1. The number of aromatic nitrogens is 2. The summed E-state index contributed by atoms with van der Waals surface area (Å²) < 4.78 is 6.86. The number of halogens is 1. The van der Waals surface area contributed by atoms with Gasteiger partial charge in [-0.05, 0) is 61.0 Å². The average Bonchev–Trinajstić information content (AvgIpc) is 2.82. The Morgan fingerprint density at radius 3 is 2.45 bits per heavy atom. The van der Waals surface area contributed by atoms with E-state index in [-0.39, 0.29) is 28.9 Å². The zero-order valence-corrected chi connectivity index (χ0v) is 19.2. The van der Waals surface area contributed by atoms with E-state index in [2.05, 4.69) is 4.98 Å². The molecule has 170 valence electrons. The minimum Gasteiger partial charge on any atom is -0.494 e. The van der Waals surface area contributed by atoms with E-state index < -0.39 is 5.56 Å². The van der Waals surface area contributed by atoms with Crippen molar-refractivity contribution >= 4 is 36.0 Å². The van der Waals surface area contributed by atoms with Crippen LogP contribution in [0.3, 0.4) is 0 Å². The van der Waals surface area contributed by atoms with Crippen LogP contribution in [-0.2, 0) is 11.3 Å². The predicted octanol–water partition coefficient (Wildman–Crippen LogP) is 5.07. The third-order valence-corrected chi connectivity index (χ3v) is 5.96. The Morgan fingerprint density at radius 2 is 1.79 bits per heavy atom. The van der Waals surface area contributed by atoms with Gasteiger partial charge in [0.05, 0.1) is 5.69 Å². The van der Waals surface area contributed by atoms with Gasteiger partial charge in [0.1, 0.15) is 12.2 Å². The topological polar surface area (TPSA) is 87.6 Å². The van der Waals surface area contributed by atoms with Gasteiger partial charge in [-0.2, -0.15) is 0 Å². The summed E-state index contributed by atoms with van der Waals surface area (Å²) in [5.74, 6) is -0.247. The van der Waals surface area contributed by atoms with Crippen LogP contribution in [0.2, 0.25) is 5.02 Å². The first kappa shape index (κ1) is 22.8. The van der Waals surface area contributed by atoms with Crippen LogP contribution in [0.5, 0.6) is 5.88 Å². The number of hydrogen-bond donors (Lipinski definition) is 2. The molecule has 1 amide bonds. The summed E-state index contributed by atoms with van der Waals surface area (Å²) in [6, 6.07) is 16.3. The highest BCUT2D eigenvalue weighted by atomic mass is 35.5. The van der Waals surface area contributed by atoms with Crippen molar-refractivity contribution in [2.24, 2.45) is 0 Å². The fraction of sp³-hybridized carbons (Fsp3) is 0.208. The van der Waals surface area contributed by atoms with Crippen molar-refractivity contribution in [1.29, 1.82) is 0 Å². The maximum atomic E-state index is 12.5. The maximum Gasteiger partial charge on any atom is 0.410 e. The van der Waals surface area contributed by atoms with Gasteiger partial charge >= 0.3 is 6.09 Å². The molecule has 0 radical (unpaired) electrons. The average molecular weight is 484 g/mol. The number of carbonyl (C=O) groups excluding carboxylic acids is 1. The second-order valence-electron chi connectivity index (χ2n) is 7.64. The van der Waals surface area contributed by atoms with Crippen molar-refractivity contribution in [1.82, 2.24) is 14.5 Å². The Morgan fingerprint density at radius 1 is 1.12 bits per heavy atom. The molecule has 2 N–H and O–H groups in total. The van der Waals surface area contributed by atoms with Crippen molar-refractivity contribution in [3.8, 4) is 11.6 Å². The quantitative estimate of drug-likeness (QED) is 0.506. The molecule has 1 aromatic heterocycles. The van der Waals surface area contributed by atoms with Crippen molar-refractivity contribution < 1.29 is 14.6 Å². The molecule has 1 aliphatic rings. The highest BCUT2D eigenvalue weighted by Crippen LogP contribution is 2.25. The van der Waals surface area contributed by atoms with Crippen molar-refractivity contribution in [3.05, 3.63) is 91.4 Å². The molecule has 4 rings (SSSR count). The first-order valence-electron chi connectivity index (χ1n) is 10.4. The molecule has 1 fully saturated rings.